The van der Waals surface area contributed by atoms with E-state index in [1.165, 1.54) is 5.01 Å². The molecule has 3 atom stereocenters. The molecule has 5 rings (SSSR count). The van der Waals surface area contributed by atoms with Crippen LogP contribution in [-0.2, 0) is 9.59 Å². The third-order valence-electron chi connectivity index (χ3n) is 7.46. The third kappa shape index (κ3) is 3.75. The summed E-state index contributed by atoms with van der Waals surface area (Å²) in [5.74, 6) is -1.09. The van der Waals surface area contributed by atoms with E-state index in [-0.39, 0.29) is 11.8 Å². The maximum Gasteiger partial charge on any atom is 0.260 e. The molecule has 1 heterocycles. The molecule has 0 saturated carbocycles. The lowest BCUT2D eigenvalue weighted by atomic mass is 9.54. The van der Waals surface area contributed by atoms with Crippen molar-refractivity contribution < 1.29 is 9.59 Å². The highest BCUT2D eigenvalue weighted by atomic mass is 16.2. The van der Waals surface area contributed by atoms with Gasteiger partial charge < -0.3 is 0 Å². The van der Waals surface area contributed by atoms with Crippen LogP contribution < -0.4 is 5.01 Å². The second-order valence-corrected chi connectivity index (χ2v) is 9.23. The van der Waals surface area contributed by atoms with Crippen LogP contribution in [0.3, 0.4) is 0 Å². The van der Waals surface area contributed by atoms with E-state index in [2.05, 4.69) is 12.1 Å². The summed E-state index contributed by atoms with van der Waals surface area (Å²) in [6.07, 6.45) is 3.74. The average Bonchev–Trinajstić information content (AvgIpc) is 3.25. The molecule has 1 spiro atoms. The highest BCUT2D eigenvalue weighted by molar-refractivity contribution is 6.21. The number of aldehydes is 1. The molecule has 0 radical (unpaired) electrons. The summed E-state index contributed by atoms with van der Waals surface area (Å²) in [6, 6.07) is 28.0. The summed E-state index contributed by atoms with van der Waals surface area (Å²) >= 11 is 0. The van der Waals surface area contributed by atoms with Crippen LogP contribution in [0, 0.1) is 28.1 Å². The number of anilines is 1. The van der Waals surface area contributed by atoms with Crippen LogP contribution in [0.2, 0.25) is 0 Å². The lowest BCUT2D eigenvalue weighted by Gasteiger charge is -2.46. The fourth-order valence-corrected chi connectivity index (χ4v) is 5.83. The number of hydrogen-bond acceptors (Lipinski definition) is 5. The normalized spacial score (nSPS) is 22.7. The predicted octanol–water partition coefficient (Wildman–Crippen LogP) is 5.63. The van der Waals surface area contributed by atoms with Crippen molar-refractivity contribution in [2.24, 2.45) is 10.5 Å². The topological polar surface area (TPSA) is 97.3 Å². The molecular formula is C31H24N4O2. The number of benzene rings is 3. The van der Waals surface area contributed by atoms with Crippen LogP contribution >= 0.6 is 0 Å². The number of nitrogens with zero attached hydrogens (tertiary/aromatic N) is 4. The zero-order chi connectivity index (χ0) is 26.0. The highest BCUT2D eigenvalue weighted by Crippen LogP contribution is 2.59. The monoisotopic (exact) mass is 484 g/mol. The maximum atomic E-state index is 14.7. The Hall–Kier alpha value is -4.81. The molecule has 1 amide bonds. The summed E-state index contributed by atoms with van der Waals surface area (Å²) < 4.78 is 0. The largest absolute Gasteiger partial charge is 0.298 e. The van der Waals surface area contributed by atoms with E-state index in [1.54, 1.807) is 24.3 Å². The zero-order valence-corrected chi connectivity index (χ0v) is 20.3. The van der Waals surface area contributed by atoms with E-state index in [1.807, 2.05) is 67.6 Å². The van der Waals surface area contributed by atoms with Gasteiger partial charge in [-0.1, -0.05) is 55.5 Å². The first-order valence-electron chi connectivity index (χ1n) is 12.2. The lowest BCUT2D eigenvalue weighted by molar-refractivity contribution is -0.125. The van der Waals surface area contributed by atoms with Crippen LogP contribution in [0.25, 0.3) is 0 Å². The van der Waals surface area contributed by atoms with Crippen molar-refractivity contribution in [1.82, 2.24) is 0 Å². The number of rotatable bonds is 5. The van der Waals surface area contributed by atoms with Gasteiger partial charge in [0.1, 0.15) is 11.7 Å². The Labute approximate surface area is 215 Å². The van der Waals surface area contributed by atoms with Gasteiger partial charge in [0.05, 0.1) is 34.7 Å². The quantitative estimate of drug-likeness (QED) is 0.439. The van der Waals surface area contributed by atoms with Crippen molar-refractivity contribution in [3.63, 3.8) is 0 Å². The van der Waals surface area contributed by atoms with Crippen LogP contribution in [0.5, 0.6) is 0 Å². The van der Waals surface area contributed by atoms with Crippen LogP contribution in [0.4, 0.5) is 5.69 Å². The molecule has 0 aromatic heterocycles. The minimum absolute atomic E-state index is 0.188. The van der Waals surface area contributed by atoms with E-state index in [9.17, 15) is 20.1 Å². The predicted molar refractivity (Wildman–Crippen MR) is 141 cm³/mol. The van der Waals surface area contributed by atoms with Gasteiger partial charge in [0.2, 0.25) is 0 Å². The smallest absolute Gasteiger partial charge is 0.260 e. The standard InChI is InChI=1S/C31H24N4O2/c1-2-28-31(30(37)35(34-28)26-6-4-3-5-7-26)27(23-12-8-21(18-32)9-13-23)17-16-25(20-36)29(31)24-14-10-22(19-33)11-15-24/h3-16,20,27,29H,2,17H2,1H3/t27-,29+,31-/m0/s1. The fourth-order valence-electron chi connectivity index (χ4n) is 5.83. The molecule has 0 fully saturated rings. The average molecular weight is 485 g/mol. The number of hydrazone groups is 1. The summed E-state index contributed by atoms with van der Waals surface area (Å²) in [6.45, 7) is 1.98. The lowest BCUT2D eigenvalue weighted by Crippen LogP contribution is -2.51. The van der Waals surface area contributed by atoms with Crippen LogP contribution in [0.1, 0.15) is 53.9 Å². The van der Waals surface area contributed by atoms with Gasteiger partial charge in [0.25, 0.3) is 5.91 Å². The number of nitriles is 2. The summed E-state index contributed by atoms with van der Waals surface area (Å²) in [7, 11) is 0. The molecule has 3 aromatic carbocycles. The number of carbonyl (C=O) groups is 2. The molecule has 6 heteroatoms. The van der Waals surface area contributed by atoms with Crippen molar-refractivity contribution in [2.75, 3.05) is 5.01 Å². The highest BCUT2D eigenvalue weighted by Gasteiger charge is 2.62. The van der Waals surface area contributed by atoms with Gasteiger partial charge >= 0.3 is 0 Å². The summed E-state index contributed by atoms with van der Waals surface area (Å²) in [5, 5.41) is 25.0. The van der Waals surface area contributed by atoms with E-state index in [0.29, 0.717) is 40.9 Å². The fraction of sp³-hybridized carbons (Fsp3) is 0.194. The Kier molecular flexibility index (Phi) is 6.26. The molecule has 180 valence electrons. The second kappa shape index (κ2) is 9.68. The Morgan fingerprint density at radius 2 is 1.54 bits per heavy atom. The molecule has 37 heavy (non-hydrogen) atoms. The molecule has 0 N–H and O–H groups in total. The minimum atomic E-state index is -1.15. The molecular weight excluding hydrogens is 460 g/mol. The maximum absolute atomic E-state index is 14.7. The van der Waals surface area contributed by atoms with E-state index >= 15 is 0 Å². The molecule has 1 aliphatic heterocycles. The van der Waals surface area contributed by atoms with Gasteiger partial charge in [-0.2, -0.15) is 20.6 Å². The Morgan fingerprint density at radius 1 is 0.946 bits per heavy atom. The van der Waals surface area contributed by atoms with Crippen molar-refractivity contribution in [1.29, 1.82) is 10.5 Å². The molecule has 0 bridgehead atoms. The SMILES string of the molecule is CCC1=NN(c2ccccc2)C(=O)[C@@]12[C@H](c1ccc(C#N)cc1)CC=C(C=O)[C@H]2c1ccc(C#N)cc1. The first-order valence-corrected chi connectivity index (χ1v) is 12.2. The zero-order valence-electron chi connectivity index (χ0n) is 20.3. The van der Waals surface area contributed by atoms with E-state index < -0.39 is 11.3 Å². The van der Waals surface area contributed by atoms with Gasteiger partial charge in [0, 0.05) is 11.8 Å². The number of para-hydroxylation sites is 1. The summed E-state index contributed by atoms with van der Waals surface area (Å²) in [4.78, 5) is 27.2. The second-order valence-electron chi connectivity index (χ2n) is 9.23. The molecule has 0 unspecified atom stereocenters. The van der Waals surface area contributed by atoms with Crippen LogP contribution in [0.15, 0.2) is 95.6 Å². The van der Waals surface area contributed by atoms with Crippen molar-refractivity contribution in [3.05, 3.63) is 113 Å². The molecule has 6 nitrogen and oxygen atoms in total. The number of carbonyl (C=O) groups excluding carboxylic acids is 2. The van der Waals surface area contributed by atoms with E-state index in [4.69, 9.17) is 5.10 Å². The Bertz CT molecular complexity index is 1490. The number of amides is 1. The summed E-state index contributed by atoms with van der Waals surface area (Å²) in [5.41, 5.74) is 3.46. The number of hydrogen-bond donors (Lipinski definition) is 0. The van der Waals surface area contributed by atoms with Gasteiger partial charge in [-0.05, 0) is 65.9 Å². The van der Waals surface area contributed by atoms with Crippen molar-refractivity contribution >= 4 is 23.6 Å². The molecule has 0 saturated heterocycles. The Balaban J connectivity index is 1.78. The molecule has 1 aliphatic carbocycles. The van der Waals surface area contributed by atoms with Gasteiger partial charge in [0.15, 0.2) is 0 Å². The molecule has 2 aliphatic rings. The van der Waals surface area contributed by atoms with Gasteiger partial charge in [-0.3, -0.25) is 9.59 Å². The minimum Gasteiger partial charge on any atom is -0.298 e. The van der Waals surface area contributed by atoms with Gasteiger partial charge in [-0.25, -0.2) is 0 Å². The first kappa shape index (κ1) is 23.9. The first-order chi connectivity index (χ1) is 18.1. The molecule has 3 aromatic rings. The third-order valence-corrected chi connectivity index (χ3v) is 7.46. The Morgan fingerprint density at radius 3 is 2.08 bits per heavy atom. The van der Waals surface area contributed by atoms with E-state index in [0.717, 1.165) is 17.4 Å². The van der Waals surface area contributed by atoms with Crippen molar-refractivity contribution in [3.8, 4) is 12.1 Å². The van der Waals surface area contributed by atoms with Crippen LogP contribution in [-0.4, -0.2) is 17.9 Å². The van der Waals surface area contributed by atoms with Gasteiger partial charge in [-0.15, -0.1) is 0 Å². The number of allylic oxidation sites excluding steroid dienone is 2. The van der Waals surface area contributed by atoms with Crippen molar-refractivity contribution in [2.45, 2.75) is 31.6 Å².